The zero-order valence-electron chi connectivity index (χ0n) is 27.6. The van der Waals surface area contributed by atoms with E-state index < -0.39 is 14.0 Å². The van der Waals surface area contributed by atoms with Crippen molar-refractivity contribution in [3.05, 3.63) is 60.2 Å². The van der Waals surface area contributed by atoms with Crippen molar-refractivity contribution >= 4 is 42.3 Å². The Morgan fingerprint density at radius 3 is 2.27 bits per heavy atom. The molecule has 1 fully saturated rings. The quantitative estimate of drug-likeness (QED) is 0.128. The summed E-state index contributed by atoms with van der Waals surface area (Å²) in [7, 11) is 1.19. The fraction of sp³-hybridized carbons (Fsp3) is 0.429. The highest BCUT2D eigenvalue weighted by molar-refractivity contribution is 6.90. The third-order valence-corrected chi connectivity index (χ3v) is 15.3. The molecule has 0 amide bonds. The predicted molar refractivity (Wildman–Crippen MR) is 184 cm³/mol. The topological polar surface area (TPSA) is 94.4 Å². The minimum atomic E-state index is -2.11. The molecule has 5 rings (SSSR count). The van der Waals surface area contributed by atoms with Crippen molar-refractivity contribution < 1.29 is 14.3 Å². The Hall–Kier alpha value is -4.20. The summed E-state index contributed by atoms with van der Waals surface area (Å²) in [5.41, 5.74) is 10.6. The van der Waals surface area contributed by atoms with E-state index in [0.717, 1.165) is 54.3 Å². The van der Waals surface area contributed by atoms with Gasteiger partial charge in [-0.1, -0.05) is 59.6 Å². The number of ether oxygens (including phenoxy) is 2. The number of esters is 1. The predicted octanol–water partition coefficient (Wildman–Crippen LogP) is 6.97. The maximum absolute atomic E-state index is 13.2. The number of anilines is 3. The number of hydrogen-bond donors (Lipinski definition) is 1. The highest BCUT2D eigenvalue weighted by Crippen LogP contribution is 2.41. The van der Waals surface area contributed by atoms with Crippen LogP contribution < -0.4 is 10.2 Å². The number of para-hydroxylation sites is 1. The van der Waals surface area contributed by atoms with E-state index in [0.29, 0.717) is 33.8 Å². The zero-order valence-corrected chi connectivity index (χ0v) is 28.6. The van der Waals surface area contributed by atoms with Gasteiger partial charge in [0, 0.05) is 37.1 Å². The summed E-state index contributed by atoms with van der Waals surface area (Å²) in [4.78, 5) is 30.1. The van der Waals surface area contributed by atoms with Gasteiger partial charge in [-0.3, -0.25) is 0 Å². The van der Waals surface area contributed by atoms with Gasteiger partial charge in [0.1, 0.15) is 19.5 Å². The van der Waals surface area contributed by atoms with E-state index in [9.17, 15) is 4.79 Å². The lowest BCUT2D eigenvalue weighted by Crippen LogP contribution is -2.43. The highest BCUT2D eigenvalue weighted by Gasteiger charge is 2.42. The minimum absolute atomic E-state index is 0.0864. The van der Waals surface area contributed by atoms with E-state index in [1.165, 1.54) is 7.11 Å². The van der Waals surface area contributed by atoms with Gasteiger partial charge in [0.25, 0.3) is 0 Å². The molecule has 0 atom stereocenters. The van der Waals surface area contributed by atoms with Crippen LogP contribution in [0, 0.1) is 11.5 Å². The van der Waals surface area contributed by atoms with Crippen LogP contribution in [0.15, 0.2) is 48.8 Å². The highest BCUT2D eigenvalue weighted by atomic mass is 28.3. The lowest BCUT2D eigenvalue weighted by molar-refractivity contribution is 0.0595. The van der Waals surface area contributed by atoms with Crippen LogP contribution in [-0.2, 0) is 16.5 Å². The average Bonchev–Trinajstić information content (AvgIpc) is 3.42. The molecule has 0 bridgehead atoms. The Labute approximate surface area is 267 Å². The summed E-state index contributed by atoms with van der Waals surface area (Å²) in [6.45, 7) is 16.9. The number of nitrogens with zero attached hydrogens (tertiary/aromatic N) is 5. The van der Waals surface area contributed by atoms with Crippen LogP contribution in [0.3, 0.4) is 0 Å². The summed E-state index contributed by atoms with van der Waals surface area (Å²) in [6, 6.07) is 14.0. The number of methoxy groups -OCH3 is 1. The van der Waals surface area contributed by atoms with Gasteiger partial charge >= 0.3 is 5.97 Å². The van der Waals surface area contributed by atoms with Crippen LogP contribution in [0.25, 0.3) is 22.3 Å². The van der Waals surface area contributed by atoms with Crippen LogP contribution in [-0.4, -0.2) is 67.0 Å². The monoisotopic (exact) mass is 624 g/mol. The van der Waals surface area contributed by atoms with E-state index in [4.69, 9.17) is 19.4 Å². The van der Waals surface area contributed by atoms with Gasteiger partial charge in [0.2, 0.25) is 0 Å². The second-order valence-electron chi connectivity index (χ2n) is 12.6. The molecule has 0 aliphatic carbocycles. The molecule has 236 valence electrons. The number of aryl methyl sites for hydroxylation is 1. The molecule has 4 aromatic rings. The Morgan fingerprint density at radius 2 is 1.64 bits per heavy atom. The number of imidazole rings is 1. The van der Waals surface area contributed by atoms with Gasteiger partial charge in [-0.25, -0.2) is 19.7 Å². The normalized spacial score (nSPS) is 13.8. The second kappa shape index (κ2) is 13.4. The second-order valence-corrected chi connectivity index (χ2v) is 18.1. The van der Waals surface area contributed by atoms with Gasteiger partial charge in [0.05, 0.1) is 37.7 Å². The first kappa shape index (κ1) is 32.2. The lowest BCUT2D eigenvalue weighted by Gasteiger charge is -2.38. The van der Waals surface area contributed by atoms with Crippen molar-refractivity contribution in [3.8, 4) is 22.7 Å². The van der Waals surface area contributed by atoms with Crippen LogP contribution in [0.1, 0.15) is 57.7 Å². The van der Waals surface area contributed by atoms with Crippen molar-refractivity contribution in [2.24, 2.45) is 7.05 Å². The van der Waals surface area contributed by atoms with Gasteiger partial charge < -0.3 is 24.3 Å². The number of carbonyl (C=O) groups is 1. The van der Waals surface area contributed by atoms with Crippen LogP contribution in [0.5, 0.6) is 0 Å². The standard InChI is InChI=1S/C35H44N6O3Si/c1-23(2)45(24(3)4,25(5)6)21-16-29-31(28-10-9-11-30-32(28)36-22-40(30)7)39-33(35(42)43-8)34(38-29)37-26-12-14-27(15-13-26)41-17-19-44-20-18-41/h9-15,22-25H,17-20H2,1-8H3,(H,37,38). The summed E-state index contributed by atoms with van der Waals surface area (Å²) < 4.78 is 12.7. The van der Waals surface area contributed by atoms with Crippen molar-refractivity contribution in [1.82, 2.24) is 19.5 Å². The van der Waals surface area contributed by atoms with Crippen molar-refractivity contribution in [3.63, 3.8) is 0 Å². The number of aromatic nitrogens is 4. The number of nitrogens with one attached hydrogen (secondary N) is 1. The first-order valence-electron chi connectivity index (χ1n) is 15.7. The first-order valence-corrected chi connectivity index (χ1v) is 17.9. The number of fused-ring (bicyclic) bond motifs is 1. The van der Waals surface area contributed by atoms with Gasteiger partial charge in [-0.2, -0.15) is 0 Å². The molecule has 45 heavy (non-hydrogen) atoms. The molecule has 0 radical (unpaired) electrons. The summed E-state index contributed by atoms with van der Waals surface area (Å²) in [5, 5.41) is 3.35. The largest absolute Gasteiger partial charge is 0.464 e. The number of hydrogen-bond acceptors (Lipinski definition) is 8. The van der Waals surface area contributed by atoms with Gasteiger partial charge in [-0.15, -0.1) is 5.54 Å². The van der Waals surface area contributed by atoms with E-state index in [2.05, 4.69) is 80.3 Å². The Kier molecular flexibility index (Phi) is 9.61. The molecule has 0 saturated carbocycles. The Morgan fingerprint density at radius 1 is 0.978 bits per heavy atom. The molecule has 1 aliphatic heterocycles. The lowest BCUT2D eigenvalue weighted by atomic mass is 10.1. The fourth-order valence-electron chi connectivity index (χ4n) is 6.70. The van der Waals surface area contributed by atoms with E-state index in [1.54, 1.807) is 6.33 Å². The van der Waals surface area contributed by atoms with E-state index in [-0.39, 0.29) is 5.69 Å². The molecule has 9 nitrogen and oxygen atoms in total. The molecule has 2 aromatic carbocycles. The van der Waals surface area contributed by atoms with Gasteiger partial charge in [0.15, 0.2) is 11.5 Å². The smallest absolute Gasteiger partial charge is 0.360 e. The molecule has 1 N–H and O–H groups in total. The molecular formula is C35H44N6O3Si. The molecule has 2 aromatic heterocycles. The summed E-state index contributed by atoms with van der Waals surface area (Å²) in [6.07, 6.45) is 1.78. The van der Waals surface area contributed by atoms with Crippen molar-refractivity contribution in [2.45, 2.75) is 58.2 Å². The van der Waals surface area contributed by atoms with Crippen LogP contribution >= 0.6 is 0 Å². The Balaban J connectivity index is 1.68. The fourth-order valence-corrected chi connectivity index (χ4v) is 11.9. The molecule has 1 saturated heterocycles. The third kappa shape index (κ3) is 6.33. The van der Waals surface area contributed by atoms with E-state index in [1.807, 2.05) is 41.9 Å². The molecule has 3 heterocycles. The molecule has 10 heteroatoms. The SMILES string of the molecule is COC(=O)c1nc(-c2cccc3c2ncn3C)c(C#C[Si](C(C)C)(C(C)C)C(C)C)nc1Nc1ccc(N2CCOCC2)cc1. The molecule has 1 aliphatic rings. The molecular weight excluding hydrogens is 581 g/mol. The summed E-state index contributed by atoms with van der Waals surface area (Å²) in [5.74, 6) is 3.24. The number of benzene rings is 2. The molecule has 0 spiro atoms. The van der Waals surface area contributed by atoms with Crippen LogP contribution in [0.2, 0.25) is 16.6 Å². The zero-order chi connectivity index (χ0) is 32.3. The van der Waals surface area contributed by atoms with Gasteiger partial charge in [-0.05, 0) is 47.0 Å². The number of rotatable bonds is 8. The van der Waals surface area contributed by atoms with E-state index >= 15 is 0 Å². The minimum Gasteiger partial charge on any atom is -0.464 e. The first-order chi connectivity index (χ1) is 21.6. The number of carbonyl (C=O) groups excluding carboxylic acids is 1. The van der Waals surface area contributed by atoms with Crippen molar-refractivity contribution in [2.75, 3.05) is 43.6 Å². The number of morpholine rings is 1. The Bertz CT molecular complexity index is 1710. The average molecular weight is 625 g/mol. The third-order valence-electron chi connectivity index (χ3n) is 9.05. The maximum atomic E-state index is 13.2. The van der Waals surface area contributed by atoms with Crippen LogP contribution in [0.4, 0.5) is 17.2 Å². The molecule has 0 unspecified atom stereocenters. The van der Waals surface area contributed by atoms with Crippen molar-refractivity contribution in [1.29, 1.82) is 0 Å². The maximum Gasteiger partial charge on any atom is 0.360 e. The summed E-state index contributed by atoms with van der Waals surface area (Å²) >= 11 is 0.